The van der Waals surface area contributed by atoms with Crippen LogP contribution < -0.4 is 0 Å². The zero-order valence-electron chi connectivity index (χ0n) is 21.8. The van der Waals surface area contributed by atoms with Crippen molar-refractivity contribution in [2.75, 3.05) is 0 Å². The molecular weight excluding hydrogens is 403 g/mol. The van der Waals surface area contributed by atoms with Crippen LogP contribution in [-0.2, 0) is 6.42 Å². The van der Waals surface area contributed by atoms with Crippen molar-refractivity contribution in [2.24, 2.45) is 29.6 Å². The number of aryl methyl sites for hydroxylation is 1. The van der Waals surface area contributed by atoms with Crippen molar-refractivity contribution in [1.29, 1.82) is 0 Å². The number of rotatable bonds is 10. The highest BCUT2D eigenvalue weighted by Gasteiger charge is 2.36. The third-order valence-corrected chi connectivity index (χ3v) is 9.99. The van der Waals surface area contributed by atoms with Crippen LogP contribution in [0.25, 0.3) is 0 Å². The molecule has 0 amide bonds. The van der Waals surface area contributed by atoms with Crippen molar-refractivity contribution in [1.82, 2.24) is 0 Å². The summed E-state index contributed by atoms with van der Waals surface area (Å²) in [4.78, 5) is 0. The van der Waals surface area contributed by atoms with Crippen molar-refractivity contribution >= 4 is 0 Å². The lowest BCUT2D eigenvalue weighted by atomic mass is 9.63. The molecule has 0 spiro atoms. The SMILES string of the molecule is CCCCc1ccc(C2CCC3CC(CCC4CCC(CCCC)CC4)CCC3C2)cc1F. The lowest BCUT2D eigenvalue weighted by Gasteiger charge is -2.43. The maximum atomic E-state index is 14.6. The van der Waals surface area contributed by atoms with Gasteiger partial charge in [-0.1, -0.05) is 96.6 Å². The lowest BCUT2D eigenvalue weighted by molar-refractivity contribution is 0.108. The first-order valence-electron chi connectivity index (χ1n) is 14.9. The summed E-state index contributed by atoms with van der Waals surface area (Å²) in [6.07, 6.45) is 24.9. The molecule has 0 N–H and O–H groups in total. The van der Waals surface area contributed by atoms with E-state index in [1.54, 1.807) is 0 Å². The predicted octanol–water partition coefficient (Wildman–Crippen LogP) is 10.2. The molecule has 0 aliphatic heterocycles. The monoisotopic (exact) mass is 454 g/mol. The van der Waals surface area contributed by atoms with Crippen molar-refractivity contribution in [3.8, 4) is 0 Å². The molecule has 1 aromatic carbocycles. The highest BCUT2D eigenvalue weighted by Crippen LogP contribution is 2.49. The van der Waals surface area contributed by atoms with Crippen molar-refractivity contribution < 1.29 is 4.39 Å². The summed E-state index contributed by atoms with van der Waals surface area (Å²) >= 11 is 0. The van der Waals surface area contributed by atoms with Crippen LogP contribution in [0.1, 0.15) is 140 Å². The van der Waals surface area contributed by atoms with E-state index in [-0.39, 0.29) is 5.82 Å². The van der Waals surface area contributed by atoms with Crippen LogP contribution >= 0.6 is 0 Å². The van der Waals surface area contributed by atoms with Gasteiger partial charge in [0.05, 0.1) is 0 Å². The van der Waals surface area contributed by atoms with Crippen LogP contribution in [0.15, 0.2) is 18.2 Å². The highest BCUT2D eigenvalue weighted by molar-refractivity contribution is 5.27. The summed E-state index contributed by atoms with van der Waals surface area (Å²) in [7, 11) is 0. The van der Waals surface area contributed by atoms with Gasteiger partial charge in [0, 0.05) is 0 Å². The van der Waals surface area contributed by atoms with Crippen molar-refractivity contribution in [3.63, 3.8) is 0 Å². The average Bonchev–Trinajstić information content (AvgIpc) is 2.85. The first kappa shape index (κ1) is 25.2. The fraction of sp³-hybridized carbons (Fsp3) is 0.812. The van der Waals surface area contributed by atoms with Crippen LogP contribution in [0.5, 0.6) is 0 Å². The van der Waals surface area contributed by atoms with Gasteiger partial charge in [-0.2, -0.15) is 0 Å². The maximum absolute atomic E-state index is 14.6. The molecule has 4 rings (SSSR count). The fourth-order valence-corrected chi connectivity index (χ4v) is 7.71. The van der Waals surface area contributed by atoms with Crippen LogP contribution in [0, 0.1) is 35.4 Å². The number of fused-ring (bicyclic) bond motifs is 1. The summed E-state index contributed by atoms with van der Waals surface area (Å²) in [6.45, 7) is 4.51. The molecule has 3 aliphatic carbocycles. The average molecular weight is 455 g/mol. The Hall–Kier alpha value is -0.850. The number of hydrogen-bond acceptors (Lipinski definition) is 0. The summed E-state index contributed by atoms with van der Waals surface area (Å²) in [5, 5.41) is 0. The fourth-order valence-electron chi connectivity index (χ4n) is 7.71. The van der Waals surface area contributed by atoms with Gasteiger partial charge in [0.1, 0.15) is 5.82 Å². The van der Waals surface area contributed by atoms with Crippen molar-refractivity contribution in [2.45, 2.75) is 135 Å². The van der Waals surface area contributed by atoms with E-state index in [1.165, 1.54) is 102 Å². The third kappa shape index (κ3) is 7.08. The minimum atomic E-state index is 0.0474. The van der Waals surface area contributed by atoms with Gasteiger partial charge in [-0.25, -0.2) is 4.39 Å². The Bertz CT molecular complexity index is 700. The standard InChI is InChI=1S/C32H51F/c1-3-5-7-24-9-11-25(12-10-24)13-14-26-15-16-29-22-30(20-19-28(29)21-26)31-18-17-27(8-6-4-2)32(33)23-31/h17-18,23-26,28-30H,3-16,19-22H2,1-2H3. The Labute approximate surface area is 204 Å². The van der Waals surface area contributed by atoms with Gasteiger partial charge in [-0.3, -0.25) is 0 Å². The first-order chi connectivity index (χ1) is 16.2. The van der Waals surface area contributed by atoms with E-state index < -0.39 is 0 Å². The van der Waals surface area contributed by atoms with Gasteiger partial charge in [0.2, 0.25) is 0 Å². The molecule has 33 heavy (non-hydrogen) atoms. The van der Waals surface area contributed by atoms with Gasteiger partial charge >= 0.3 is 0 Å². The molecule has 1 aromatic rings. The second kappa shape index (κ2) is 12.7. The molecule has 0 nitrogen and oxygen atoms in total. The minimum absolute atomic E-state index is 0.0474. The van der Waals surface area contributed by atoms with E-state index in [0.29, 0.717) is 5.92 Å². The first-order valence-corrected chi connectivity index (χ1v) is 14.9. The molecule has 0 aromatic heterocycles. The quantitative estimate of drug-likeness (QED) is 0.330. The van der Waals surface area contributed by atoms with Gasteiger partial charge < -0.3 is 0 Å². The van der Waals surface area contributed by atoms with E-state index in [9.17, 15) is 4.39 Å². The number of halogens is 1. The van der Waals surface area contributed by atoms with Gasteiger partial charge in [0.25, 0.3) is 0 Å². The number of benzene rings is 1. The zero-order chi connectivity index (χ0) is 23.0. The molecule has 4 atom stereocenters. The molecule has 0 radical (unpaired) electrons. The number of unbranched alkanes of at least 4 members (excludes halogenated alkanes) is 2. The lowest BCUT2D eigenvalue weighted by Crippen LogP contribution is -2.30. The molecule has 186 valence electrons. The largest absolute Gasteiger partial charge is 0.207 e. The minimum Gasteiger partial charge on any atom is -0.207 e. The van der Waals surface area contributed by atoms with E-state index in [4.69, 9.17) is 0 Å². The van der Waals surface area contributed by atoms with Gasteiger partial charge in [-0.15, -0.1) is 0 Å². The molecule has 0 bridgehead atoms. The number of hydrogen-bond donors (Lipinski definition) is 0. The van der Waals surface area contributed by atoms with E-state index in [1.807, 2.05) is 6.07 Å². The normalized spacial score (nSPS) is 32.5. The Morgan fingerprint density at radius 2 is 1.33 bits per heavy atom. The highest BCUT2D eigenvalue weighted by atomic mass is 19.1. The van der Waals surface area contributed by atoms with Crippen LogP contribution in [0.4, 0.5) is 4.39 Å². The van der Waals surface area contributed by atoms with Crippen LogP contribution in [-0.4, -0.2) is 0 Å². The smallest absolute Gasteiger partial charge is 0.126 e. The predicted molar refractivity (Wildman–Crippen MR) is 140 cm³/mol. The van der Waals surface area contributed by atoms with E-state index >= 15 is 0 Å². The van der Waals surface area contributed by atoms with E-state index in [0.717, 1.165) is 54.4 Å². The zero-order valence-corrected chi connectivity index (χ0v) is 21.8. The summed E-state index contributed by atoms with van der Waals surface area (Å²) < 4.78 is 14.6. The topological polar surface area (TPSA) is 0 Å². The molecule has 3 fully saturated rings. The molecule has 1 heteroatoms. The third-order valence-electron chi connectivity index (χ3n) is 9.99. The molecule has 3 saturated carbocycles. The summed E-state index contributed by atoms with van der Waals surface area (Å²) in [6, 6.07) is 6.22. The van der Waals surface area contributed by atoms with E-state index in [2.05, 4.69) is 26.0 Å². The maximum Gasteiger partial charge on any atom is 0.126 e. The molecule has 0 heterocycles. The molecular formula is C32H51F. The summed E-state index contributed by atoms with van der Waals surface area (Å²) in [5.74, 6) is 5.58. The molecule has 0 saturated heterocycles. The van der Waals surface area contributed by atoms with Gasteiger partial charge in [0.15, 0.2) is 0 Å². The second-order valence-electron chi connectivity index (χ2n) is 12.3. The van der Waals surface area contributed by atoms with Crippen molar-refractivity contribution in [3.05, 3.63) is 35.1 Å². The molecule has 3 aliphatic rings. The summed E-state index contributed by atoms with van der Waals surface area (Å²) in [5.41, 5.74) is 2.20. The Morgan fingerprint density at radius 3 is 2.06 bits per heavy atom. The second-order valence-corrected chi connectivity index (χ2v) is 12.3. The van der Waals surface area contributed by atoms with Gasteiger partial charge in [-0.05, 0) is 97.6 Å². The Balaban J connectivity index is 1.19. The van der Waals surface area contributed by atoms with Crippen LogP contribution in [0.2, 0.25) is 0 Å². The Kier molecular flexibility index (Phi) is 9.75. The Morgan fingerprint density at radius 1 is 0.697 bits per heavy atom. The van der Waals surface area contributed by atoms with Crippen LogP contribution in [0.3, 0.4) is 0 Å². The molecule has 4 unspecified atom stereocenters.